The minimum atomic E-state index is 0.872. The molecule has 0 unspecified atom stereocenters. The molecule has 2 rings (SSSR count). The van der Waals surface area contributed by atoms with E-state index < -0.39 is 0 Å². The van der Waals surface area contributed by atoms with Gasteiger partial charge in [0, 0.05) is 6.04 Å². The summed E-state index contributed by atoms with van der Waals surface area (Å²) in [5.74, 6) is 2.15. The van der Waals surface area contributed by atoms with E-state index in [2.05, 4.69) is 18.7 Å². The predicted molar refractivity (Wildman–Crippen MR) is 52.2 cm³/mol. The second-order valence-electron chi connectivity index (χ2n) is 4.51. The van der Waals surface area contributed by atoms with Gasteiger partial charge in [-0.15, -0.1) is 0 Å². The molecule has 0 radical (unpaired) electrons. The second kappa shape index (κ2) is 3.37. The highest BCUT2D eigenvalue weighted by molar-refractivity contribution is 4.90. The van der Waals surface area contributed by atoms with E-state index in [4.69, 9.17) is 0 Å². The Morgan fingerprint density at radius 2 is 2.00 bits per heavy atom. The molecule has 1 heterocycles. The molecule has 1 heteroatoms. The highest BCUT2D eigenvalue weighted by Gasteiger charge is 2.38. The van der Waals surface area contributed by atoms with Gasteiger partial charge in [0.15, 0.2) is 0 Å². The molecule has 0 aromatic rings. The smallest absolute Gasteiger partial charge is 0.00977 e. The minimum Gasteiger partial charge on any atom is -0.301 e. The fourth-order valence-corrected chi connectivity index (χ4v) is 2.85. The highest BCUT2D eigenvalue weighted by atomic mass is 15.2. The number of likely N-dealkylation sites (tertiary alicyclic amines) is 1. The lowest BCUT2D eigenvalue weighted by molar-refractivity contribution is 0.0986. The van der Waals surface area contributed by atoms with Crippen LogP contribution in [0.5, 0.6) is 0 Å². The van der Waals surface area contributed by atoms with Gasteiger partial charge in [-0.25, -0.2) is 0 Å². The van der Waals surface area contributed by atoms with E-state index in [0.717, 1.165) is 17.9 Å². The lowest BCUT2D eigenvalue weighted by atomic mass is 9.86. The van der Waals surface area contributed by atoms with E-state index in [9.17, 15) is 0 Å². The number of nitrogens with zero attached hydrogens (tertiary/aromatic N) is 1. The number of hydrogen-bond acceptors (Lipinski definition) is 1. The van der Waals surface area contributed by atoms with Gasteiger partial charge in [0.25, 0.3) is 0 Å². The number of piperidine rings is 1. The largest absolute Gasteiger partial charge is 0.301 e. The van der Waals surface area contributed by atoms with Gasteiger partial charge >= 0.3 is 0 Å². The molecule has 1 nitrogen and oxygen atoms in total. The zero-order valence-electron chi connectivity index (χ0n) is 8.42. The summed E-state index contributed by atoms with van der Waals surface area (Å²) in [5, 5.41) is 0. The van der Waals surface area contributed by atoms with Crippen LogP contribution in [0.15, 0.2) is 0 Å². The summed E-state index contributed by atoms with van der Waals surface area (Å²) < 4.78 is 0. The van der Waals surface area contributed by atoms with Gasteiger partial charge in [-0.3, -0.25) is 0 Å². The first-order valence-electron chi connectivity index (χ1n) is 5.57. The third-order valence-electron chi connectivity index (χ3n) is 3.81. The van der Waals surface area contributed by atoms with Gasteiger partial charge < -0.3 is 4.90 Å². The van der Waals surface area contributed by atoms with Crippen molar-refractivity contribution in [2.75, 3.05) is 13.1 Å². The third-order valence-corrected chi connectivity index (χ3v) is 3.81. The fourth-order valence-electron chi connectivity index (χ4n) is 2.85. The van der Waals surface area contributed by atoms with Crippen molar-refractivity contribution in [3.05, 3.63) is 0 Å². The zero-order valence-corrected chi connectivity index (χ0v) is 8.42. The molecule has 1 aliphatic carbocycles. The van der Waals surface area contributed by atoms with Crippen LogP contribution in [0.1, 0.15) is 39.5 Å². The van der Waals surface area contributed by atoms with Crippen LogP contribution in [-0.4, -0.2) is 24.0 Å². The van der Waals surface area contributed by atoms with Crippen molar-refractivity contribution in [2.24, 2.45) is 11.8 Å². The lowest BCUT2D eigenvalue weighted by Gasteiger charge is -2.39. The van der Waals surface area contributed by atoms with E-state index in [1.807, 2.05) is 0 Å². The van der Waals surface area contributed by atoms with Gasteiger partial charge in [-0.1, -0.05) is 6.92 Å². The van der Waals surface area contributed by atoms with Gasteiger partial charge in [-0.2, -0.15) is 0 Å². The lowest BCUT2D eigenvalue weighted by Crippen LogP contribution is -2.43. The van der Waals surface area contributed by atoms with Crippen LogP contribution in [0.2, 0.25) is 0 Å². The van der Waals surface area contributed by atoms with Crippen molar-refractivity contribution in [1.29, 1.82) is 0 Å². The molecule has 1 saturated carbocycles. The van der Waals surface area contributed by atoms with Crippen molar-refractivity contribution in [3.63, 3.8) is 0 Å². The molecular weight excluding hydrogens is 146 g/mol. The summed E-state index contributed by atoms with van der Waals surface area (Å²) in [7, 11) is 0. The summed E-state index contributed by atoms with van der Waals surface area (Å²) >= 11 is 0. The van der Waals surface area contributed by atoms with E-state index in [1.54, 1.807) is 0 Å². The zero-order chi connectivity index (χ0) is 8.55. The first kappa shape index (κ1) is 8.55. The molecular formula is C11H21N. The first-order chi connectivity index (χ1) is 5.83. The normalized spacial score (nSPS) is 38.5. The Kier molecular flexibility index (Phi) is 2.40. The predicted octanol–water partition coefficient (Wildman–Crippen LogP) is 2.52. The molecule has 1 aliphatic heterocycles. The van der Waals surface area contributed by atoms with Crippen LogP contribution in [0.3, 0.4) is 0 Å². The molecule has 2 aliphatic rings. The minimum absolute atomic E-state index is 0.872. The van der Waals surface area contributed by atoms with Crippen LogP contribution < -0.4 is 0 Å². The molecule has 2 atom stereocenters. The first-order valence-corrected chi connectivity index (χ1v) is 5.57. The molecule has 2 fully saturated rings. The van der Waals surface area contributed by atoms with Crippen molar-refractivity contribution in [1.82, 2.24) is 4.90 Å². The molecule has 12 heavy (non-hydrogen) atoms. The maximum atomic E-state index is 2.66. The molecule has 0 N–H and O–H groups in total. The molecule has 0 bridgehead atoms. The Hall–Kier alpha value is -0.0400. The average Bonchev–Trinajstić information content (AvgIpc) is 2.88. The Balaban J connectivity index is 1.94. The Labute approximate surface area is 76.1 Å². The van der Waals surface area contributed by atoms with Crippen LogP contribution in [0, 0.1) is 11.8 Å². The summed E-state index contributed by atoms with van der Waals surface area (Å²) in [6.45, 7) is 7.34. The van der Waals surface area contributed by atoms with Crippen LogP contribution in [-0.2, 0) is 0 Å². The van der Waals surface area contributed by atoms with Crippen molar-refractivity contribution in [3.8, 4) is 0 Å². The van der Waals surface area contributed by atoms with Crippen LogP contribution in [0.4, 0.5) is 0 Å². The number of rotatable bonds is 2. The SMILES string of the molecule is CCN1CCC[C@@H](C2CC2)[C@H]1C. The number of hydrogen-bond donors (Lipinski definition) is 0. The Morgan fingerprint density at radius 1 is 1.25 bits per heavy atom. The molecule has 70 valence electrons. The summed E-state index contributed by atoms with van der Waals surface area (Å²) in [4.78, 5) is 2.66. The van der Waals surface area contributed by atoms with Crippen LogP contribution in [0.25, 0.3) is 0 Å². The molecule has 0 spiro atoms. The summed E-state index contributed by atoms with van der Waals surface area (Å²) in [6.07, 6.45) is 5.99. The fraction of sp³-hybridized carbons (Fsp3) is 1.00. The summed E-state index contributed by atoms with van der Waals surface area (Å²) in [5.41, 5.74) is 0. The van der Waals surface area contributed by atoms with E-state index in [-0.39, 0.29) is 0 Å². The molecule has 0 aromatic heterocycles. The van der Waals surface area contributed by atoms with E-state index in [1.165, 1.54) is 38.8 Å². The quantitative estimate of drug-likeness (QED) is 0.611. The van der Waals surface area contributed by atoms with Crippen molar-refractivity contribution < 1.29 is 0 Å². The van der Waals surface area contributed by atoms with Gasteiger partial charge in [0.1, 0.15) is 0 Å². The average molecular weight is 167 g/mol. The molecule has 0 amide bonds. The Bertz CT molecular complexity index is 151. The maximum Gasteiger partial charge on any atom is 0.00977 e. The highest BCUT2D eigenvalue weighted by Crippen LogP contribution is 2.43. The van der Waals surface area contributed by atoms with Gasteiger partial charge in [0.05, 0.1) is 0 Å². The monoisotopic (exact) mass is 167 g/mol. The van der Waals surface area contributed by atoms with Crippen molar-refractivity contribution in [2.45, 2.75) is 45.6 Å². The molecule has 0 aromatic carbocycles. The van der Waals surface area contributed by atoms with Crippen LogP contribution >= 0.6 is 0 Å². The maximum absolute atomic E-state index is 2.66. The van der Waals surface area contributed by atoms with Gasteiger partial charge in [0.2, 0.25) is 0 Å². The second-order valence-corrected chi connectivity index (χ2v) is 4.51. The van der Waals surface area contributed by atoms with Gasteiger partial charge in [-0.05, 0) is 57.5 Å². The van der Waals surface area contributed by atoms with E-state index >= 15 is 0 Å². The standard InChI is InChI=1S/C11H21N/c1-3-12-8-4-5-11(9(12)2)10-6-7-10/h9-11H,3-8H2,1-2H3/t9-,11-/m1/s1. The molecule has 1 saturated heterocycles. The van der Waals surface area contributed by atoms with E-state index in [0.29, 0.717) is 0 Å². The third kappa shape index (κ3) is 1.52. The summed E-state index contributed by atoms with van der Waals surface area (Å²) in [6, 6.07) is 0.872. The topological polar surface area (TPSA) is 3.24 Å². The Morgan fingerprint density at radius 3 is 2.58 bits per heavy atom. The van der Waals surface area contributed by atoms with Crippen molar-refractivity contribution >= 4 is 0 Å².